The summed E-state index contributed by atoms with van der Waals surface area (Å²) in [7, 11) is -1.20. The maximum atomic E-state index is 11.8. The van der Waals surface area contributed by atoms with Gasteiger partial charge in [0.1, 0.15) is 11.0 Å². The Morgan fingerprint density at radius 1 is 1.25 bits per heavy atom. The largest absolute Gasteiger partial charge is 0.234 e. The summed E-state index contributed by atoms with van der Waals surface area (Å²) in [5.41, 5.74) is 1.81. The monoisotopic (exact) mass is 301 g/mol. The third-order valence-corrected chi connectivity index (χ3v) is 4.02. The highest BCUT2D eigenvalue weighted by molar-refractivity contribution is 9.10. The highest BCUT2D eigenvalue weighted by Crippen LogP contribution is 2.15. The van der Waals surface area contributed by atoms with Crippen molar-refractivity contribution < 1.29 is 4.21 Å². The lowest BCUT2D eigenvalue weighted by Gasteiger charge is -2.14. The Balaban J connectivity index is 2.94. The van der Waals surface area contributed by atoms with Crippen molar-refractivity contribution in [2.24, 2.45) is 4.40 Å². The van der Waals surface area contributed by atoms with Crippen molar-refractivity contribution in [2.45, 2.75) is 32.4 Å². The van der Waals surface area contributed by atoms with E-state index >= 15 is 0 Å². The van der Waals surface area contributed by atoms with Crippen LogP contribution in [0.5, 0.6) is 0 Å². The molecule has 1 aromatic rings. The normalized spacial score (nSPS) is 14.9. The first-order valence-electron chi connectivity index (χ1n) is 5.04. The first-order chi connectivity index (χ1) is 7.30. The number of benzene rings is 1. The molecule has 1 aromatic carbocycles. The summed E-state index contributed by atoms with van der Waals surface area (Å²) >= 11 is 3.38. The molecule has 0 aliphatic rings. The average Bonchev–Trinajstić information content (AvgIpc) is 2.17. The van der Waals surface area contributed by atoms with Gasteiger partial charge in [0, 0.05) is 4.47 Å². The molecule has 0 bridgehead atoms. The van der Waals surface area contributed by atoms with Gasteiger partial charge in [-0.1, -0.05) is 28.1 Å². The molecule has 4 heteroatoms. The van der Waals surface area contributed by atoms with Crippen molar-refractivity contribution >= 4 is 32.6 Å². The van der Waals surface area contributed by atoms with Gasteiger partial charge in [-0.15, -0.1) is 0 Å². The topological polar surface area (TPSA) is 29.4 Å². The third kappa shape index (κ3) is 3.83. The summed E-state index contributed by atoms with van der Waals surface area (Å²) < 4.78 is 16.8. The molecular formula is C12H16BrNOS. The van der Waals surface area contributed by atoms with Crippen molar-refractivity contribution in [2.75, 3.05) is 0 Å². The van der Waals surface area contributed by atoms with E-state index < -0.39 is 11.0 Å². The number of hydrogen-bond acceptors (Lipinski definition) is 1. The Kier molecular flexibility index (Phi) is 4.44. The van der Waals surface area contributed by atoms with Crippen LogP contribution in [0.4, 0.5) is 0 Å². The van der Waals surface area contributed by atoms with E-state index in [2.05, 4.69) is 20.3 Å². The second kappa shape index (κ2) is 5.23. The van der Waals surface area contributed by atoms with Crippen LogP contribution in [0.3, 0.4) is 0 Å². The van der Waals surface area contributed by atoms with Gasteiger partial charge in [-0.25, -0.2) is 4.21 Å². The summed E-state index contributed by atoms with van der Waals surface area (Å²) in [5, 5.41) is 0. The van der Waals surface area contributed by atoms with Crippen molar-refractivity contribution in [1.82, 2.24) is 0 Å². The molecule has 0 fully saturated rings. The molecule has 2 nitrogen and oxygen atoms in total. The number of hydrogen-bond donors (Lipinski definition) is 0. The van der Waals surface area contributed by atoms with Gasteiger partial charge in [-0.2, -0.15) is 4.40 Å². The molecule has 1 unspecified atom stereocenters. The minimum absolute atomic E-state index is 0.309. The Morgan fingerprint density at radius 2 is 1.75 bits per heavy atom. The van der Waals surface area contributed by atoms with E-state index in [4.69, 9.17) is 0 Å². The fourth-order valence-electron chi connectivity index (χ4n) is 1.01. The van der Waals surface area contributed by atoms with E-state index in [1.165, 1.54) is 0 Å². The quantitative estimate of drug-likeness (QED) is 0.766. The summed E-state index contributed by atoms with van der Waals surface area (Å²) in [6.07, 6.45) is 0. The molecule has 1 rings (SSSR count). The lowest BCUT2D eigenvalue weighted by Crippen LogP contribution is -2.20. The number of nitrogens with zero attached hydrogens (tertiary/aromatic N) is 1. The molecular weight excluding hydrogens is 286 g/mol. The maximum Gasteiger partial charge on any atom is 0.145 e. The first-order valence-corrected chi connectivity index (χ1v) is 6.94. The first kappa shape index (κ1) is 13.6. The van der Waals surface area contributed by atoms with Crippen LogP contribution in [0.15, 0.2) is 33.1 Å². The van der Waals surface area contributed by atoms with Crippen molar-refractivity contribution in [1.29, 1.82) is 0 Å². The zero-order valence-corrected chi connectivity index (χ0v) is 12.4. The molecule has 0 amide bonds. The van der Waals surface area contributed by atoms with Crippen LogP contribution in [0.1, 0.15) is 33.3 Å². The molecule has 0 saturated carbocycles. The molecule has 0 radical (unpaired) electrons. The van der Waals surface area contributed by atoms with Crippen LogP contribution >= 0.6 is 15.9 Å². The lowest BCUT2D eigenvalue weighted by atomic mass is 10.1. The average molecular weight is 302 g/mol. The summed E-state index contributed by atoms with van der Waals surface area (Å²) in [4.78, 5) is 0. The van der Waals surface area contributed by atoms with E-state index in [1.54, 1.807) is 0 Å². The van der Waals surface area contributed by atoms with Crippen LogP contribution in [-0.4, -0.2) is 14.7 Å². The maximum absolute atomic E-state index is 11.8. The molecule has 0 heterocycles. The SMILES string of the molecule is C/C(=N\S(=O)C(C)(C)C)c1ccc(Br)cc1. The second-order valence-electron chi connectivity index (χ2n) is 4.55. The van der Waals surface area contributed by atoms with Crippen molar-refractivity contribution in [3.63, 3.8) is 0 Å². The molecule has 0 aliphatic carbocycles. The Hall–Kier alpha value is -0.480. The van der Waals surface area contributed by atoms with E-state index in [0.29, 0.717) is 0 Å². The van der Waals surface area contributed by atoms with E-state index in [1.807, 2.05) is 52.0 Å². The van der Waals surface area contributed by atoms with Gasteiger partial charge in [0.2, 0.25) is 0 Å². The van der Waals surface area contributed by atoms with E-state index in [9.17, 15) is 4.21 Å². The zero-order valence-electron chi connectivity index (χ0n) is 9.95. The summed E-state index contributed by atoms with van der Waals surface area (Å²) in [6, 6.07) is 7.83. The van der Waals surface area contributed by atoms with Crippen LogP contribution in [0.25, 0.3) is 0 Å². The number of rotatable bonds is 2. The zero-order chi connectivity index (χ0) is 12.3. The summed E-state index contributed by atoms with van der Waals surface area (Å²) in [5.74, 6) is 0. The smallest absolute Gasteiger partial charge is 0.145 e. The predicted molar refractivity (Wildman–Crippen MR) is 74.2 cm³/mol. The number of halogens is 1. The van der Waals surface area contributed by atoms with E-state index in [-0.39, 0.29) is 4.75 Å². The molecule has 88 valence electrons. The second-order valence-corrected chi connectivity index (χ2v) is 7.37. The highest BCUT2D eigenvalue weighted by Gasteiger charge is 2.19. The predicted octanol–water partition coefficient (Wildman–Crippen LogP) is 3.72. The van der Waals surface area contributed by atoms with E-state index in [0.717, 1.165) is 15.7 Å². The molecule has 0 aliphatic heterocycles. The summed E-state index contributed by atoms with van der Waals surface area (Å²) in [6.45, 7) is 7.64. The molecule has 0 N–H and O–H groups in total. The highest BCUT2D eigenvalue weighted by atomic mass is 79.9. The van der Waals surface area contributed by atoms with Gasteiger partial charge in [-0.05, 0) is 45.4 Å². The van der Waals surface area contributed by atoms with Gasteiger partial charge in [0.05, 0.1) is 10.5 Å². The Morgan fingerprint density at radius 3 is 2.19 bits per heavy atom. The molecule has 0 aromatic heterocycles. The Labute approximate surface area is 108 Å². The molecule has 16 heavy (non-hydrogen) atoms. The van der Waals surface area contributed by atoms with Gasteiger partial charge >= 0.3 is 0 Å². The van der Waals surface area contributed by atoms with Crippen LogP contribution < -0.4 is 0 Å². The van der Waals surface area contributed by atoms with Gasteiger partial charge in [0.25, 0.3) is 0 Å². The van der Waals surface area contributed by atoms with Gasteiger partial charge in [-0.3, -0.25) is 0 Å². The fraction of sp³-hybridized carbons (Fsp3) is 0.417. The van der Waals surface area contributed by atoms with Crippen molar-refractivity contribution in [3.8, 4) is 0 Å². The minimum Gasteiger partial charge on any atom is -0.234 e. The van der Waals surface area contributed by atoms with Gasteiger partial charge < -0.3 is 0 Å². The molecule has 0 saturated heterocycles. The van der Waals surface area contributed by atoms with Gasteiger partial charge in [0.15, 0.2) is 0 Å². The molecule has 0 spiro atoms. The molecule has 1 atom stereocenters. The van der Waals surface area contributed by atoms with Crippen molar-refractivity contribution in [3.05, 3.63) is 34.3 Å². The van der Waals surface area contributed by atoms with Crippen LogP contribution in [0.2, 0.25) is 0 Å². The van der Waals surface area contributed by atoms with Crippen LogP contribution in [0, 0.1) is 0 Å². The van der Waals surface area contributed by atoms with Crippen LogP contribution in [-0.2, 0) is 11.0 Å². The fourth-order valence-corrected chi connectivity index (χ4v) is 1.90. The third-order valence-electron chi connectivity index (χ3n) is 2.01. The standard InChI is InChI=1S/C12H16BrNOS/c1-9(14-16(15)12(2,3)4)10-5-7-11(13)8-6-10/h5-8H,1-4H3/b14-9+. The lowest BCUT2D eigenvalue weighted by molar-refractivity contribution is 0.650. The minimum atomic E-state index is -1.20. The Bertz CT molecular complexity index is 418.